The zero-order valence-corrected chi connectivity index (χ0v) is 18.8. The van der Waals surface area contributed by atoms with E-state index in [0.29, 0.717) is 12.4 Å². The Morgan fingerprint density at radius 1 is 1.22 bits per heavy atom. The number of amides is 1. The van der Waals surface area contributed by atoms with Crippen LogP contribution in [0.25, 0.3) is 10.9 Å². The van der Waals surface area contributed by atoms with Crippen LogP contribution in [0.5, 0.6) is 11.5 Å². The highest BCUT2D eigenvalue weighted by molar-refractivity contribution is 6.31. The zero-order chi connectivity index (χ0) is 22.1. The van der Waals surface area contributed by atoms with Crippen LogP contribution in [0.4, 0.5) is 5.69 Å². The van der Waals surface area contributed by atoms with Gasteiger partial charge < -0.3 is 24.7 Å². The lowest BCUT2D eigenvalue weighted by Gasteiger charge is -2.38. The molecule has 1 unspecified atom stereocenters. The topological polar surface area (TPSA) is 69.8 Å². The number of rotatable bonds is 5. The molecule has 2 aliphatic rings. The van der Waals surface area contributed by atoms with Crippen molar-refractivity contribution in [3.8, 4) is 11.5 Å². The fourth-order valence-electron chi connectivity index (χ4n) is 4.49. The van der Waals surface area contributed by atoms with Crippen LogP contribution in [-0.4, -0.2) is 61.3 Å². The van der Waals surface area contributed by atoms with E-state index in [-0.39, 0.29) is 5.91 Å². The number of para-hydroxylation sites is 1. The number of piperazine rings is 1. The van der Waals surface area contributed by atoms with Crippen LogP contribution >= 0.6 is 11.6 Å². The van der Waals surface area contributed by atoms with Crippen LogP contribution < -0.4 is 19.7 Å². The molecular formula is C24H27ClN4O3. The molecule has 168 valence electrons. The Hall–Kier alpha value is -2.90. The summed E-state index contributed by atoms with van der Waals surface area (Å²) in [6.07, 6.45) is 2.65. The predicted molar refractivity (Wildman–Crippen MR) is 126 cm³/mol. The first-order chi connectivity index (χ1) is 15.6. The van der Waals surface area contributed by atoms with E-state index in [4.69, 9.17) is 21.1 Å². The average molecular weight is 455 g/mol. The molecule has 1 saturated heterocycles. The fraction of sp³-hybridized carbons (Fsp3) is 0.375. The summed E-state index contributed by atoms with van der Waals surface area (Å²) in [5.41, 5.74) is 3.47. The number of hydrogen-bond donors (Lipinski definition) is 2. The summed E-state index contributed by atoms with van der Waals surface area (Å²) < 4.78 is 11.9. The number of hydrogen-bond acceptors (Lipinski definition) is 5. The molecule has 1 amide bonds. The van der Waals surface area contributed by atoms with Crippen molar-refractivity contribution in [2.45, 2.75) is 19.6 Å². The van der Waals surface area contributed by atoms with Crippen molar-refractivity contribution in [2.75, 3.05) is 44.2 Å². The Labute approximate surface area is 192 Å². The maximum Gasteiger partial charge on any atom is 0.219 e. The first-order valence-electron chi connectivity index (χ1n) is 11.0. The van der Waals surface area contributed by atoms with Gasteiger partial charge in [-0.15, -0.1) is 0 Å². The first kappa shape index (κ1) is 21.0. The van der Waals surface area contributed by atoms with E-state index >= 15 is 0 Å². The molecule has 1 atom stereocenters. The molecule has 7 nitrogen and oxygen atoms in total. The number of aromatic nitrogens is 1. The van der Waals surface area contributed by atoms with Gasteiger partial charge in [-0.05, 0) is 36.2 Å². The zero-order valence-electron chi connectivity index (χ0n) is 18.1. The minimum absolute atomic E-state index is 0.134. The molecule has 5 rings (SSSR count). The summed E-state index contributed by atoms with van der Waals surface area (Å²) in [6.45, 7) is 6.65. The lowest BCUT2D eigenvalue weighted by Crippen LogP contribution is -2.47. The molecule has 2 N–H and O–H groups in total. The number of anilines is 1. The molecule has 0 aliphatic carbocycles. The Morgan fingerprint density at radius 2 is 2.06 bits per heavy atom. The minimum atomic E-state index is -0.451. The predicted octanol–water partition coefficient (Wildman–Crippen LogP) is 3.42. The molecule has 0 saturated carbocycles. The molecule has 0 radical (unpaired) electrons. The number of nitrogens with one attached hydrogen (secondary N) is 2. The van der Waals surface area contributed by atoms with Gasteiger partial charge in [-0.3, -0.25) is 9.69 Å². The van der Waals surface area contributed by atoms with Gasteiger partial charge in [0.1, 0.15) is 6.61 Å². The van der Waals surface area contributed by atoms with Crippen molar-refractivity contribution in [1.82, 2.24) is 15.2 Å². The Bertz CT molecular complexity index is 1120. The van der Waals surface area contributed by atoms with E-state index in [1.54, 1.807) is 0 Å². The standard InChI is InChI=1S/C24H27ClN4O3/c1-16(30)27-23-15-31-24-21(3-2-4-22(24)32-23)29-11-9-28(10-12-29)8-7-17-14-26-20-13-18(25)5-6-19(17)20/h2-6,13-14,23,26H,7-12,15H2,1H3,(H,27,30). The molecule has 8 heteroatoms. The third-order valence-corrected chi connectivity index (χ3v) is 6.35. The summed E-state index contributed by atoms with van der Waals surface area (Å²) in [5, 5.41) is 4.76. The molecule has 2 aliphatic heterocycles. The van der Waals surface area contributed by atoms with Gasteiger partial charge in [0.15, 0.2) is 11.5 Å². The van der Waals surface area contributed by atoms with E-state index in [1.807, 2.05) is 24.3 Å². The highest BCUT2D eigenvalue weighted by atomic mass is 35.5. The summed E-state index contributed by atoms with van der Waals surface area (Å²) in [7, 11) is 0. The van der Waals surface area contributed by atoms with Crippen LogP contribution in [-0.2, 0) is 11.2 Å². The number of benzene rings is 2. The molecule has 2 aromatic carbocycles. The van der Waals surface area contributed by atoms with Crippen LogP contribution in [0.3, 0.4) is 0 Å². The summed E-state index contributed by atoms with van der Waals surface area (Å²) >= 11 is 6.10. The van der Waals surface area contributed by atoms with Gasteiger partial charge in [-0.2, -0.15) is 0 Å². The van der Waals surface area contributed by atoms with Crippen LogP contribution in [0.1, 0.15) is 12.5 Å². The first-order valence-corrected chi connectivity index (χ1v) is 11.4. The van der Waals surface area contributed by atoms with Crippen molar-refractivity contribution >= 4 is 34.1 Å². The molecule has 3 heterocycles. The molecule has 3 aromatic rings. The van der Waals surface area contributed by atoms with E-state index in [0.717, 1.165) is 61.1 Å². The normalized spacial score (nSPS) is 18.7. The number of carbonyl (C=O) groups excluding carboxylic acids is 1. The van der Waals surface area contributed by atoms with Gasteiger partial charge >= 0.3 is 0 Å². The van der Waals surface area contributed by atoms with Crippen molar-refractivity contribution < 1.29 is 14.3 Å². The number of halogens is 1. The second-order valence-electron chi connectivity index (χ2n) is 8.30. The average Bonchev–Trinajstić information content (AvgIpc) is 3.19. The number of nitrogens with zero attached hydrogens (tertiary/aromatic N) is 2. The molecule has 1 aromatic heterocycles. The Morgan fingerprint density at radius 3 is 2.88 bits per heavy atom. The third kappa shape index (κ3) is 4.36. The molecular weight excluding hydrogens is 428 g/mol. The number of carbonyl (C=O) groups is 1. The largest absolute Gasteiger partial charge is 0.482 e. The van der Waals surface area contributed by atoms with Gasteiger partial charge in [-0.25, -0.2) is 0 Å². The van der Waals surface area contributed by atoms with Crippen molar-refractivity contribution in [2.24, 2.45) is 0 Å². The van der Waals surface area contributed by atoms with E-state index in [2.05, 4.69) is 38.4 Å². The van der Waals surface area contributed by atoms with Crippen molar-refractivity contribution in [1.29, 1.82) is 0 Å². The minimum Gasteiger partial charge on any atom is -0.482 e. The van der Waals surface area contributed by atoms with Crippen LogP contribution in [0, 0.1) is 0 Å². The van der Waals surface area contributed by atoms with Gasteiger partial charge in [0.2, 0.25) is 12.1 Å². The molecule has 0 spiro atoms. The second kappa shape index (κ2) is 8.92. The van der Waals surface area contributed by atoms with Crippen molar-refractivity contribution in [3.63, 3.8) is 0 Å². The van der Waals surface area contributed by atoms with Crippen LogP contribution in [0.15, 0.2) is 42.6 Å². The lowest BCUT2D eigenvalue weighted by atomic mass is 10.1. The molecule has 32 heavy (non-hydrogen) atoms. The summed E-state index contributed by atoms with van der Waals surface area (Å²) in [4.78, 5) is 19.5. The summed E-state index contributed by atoms with van der Waals surface area (Å²) in [6, 6.07) is 12.0. The quantitative estimate of drug-likeness (QED) is 0.618. The fourth-order valence-corrected chi connectivity index (χ4v) is 4.66. The van der Waals surface area contributed by atoms with E-state index in [1.165, 1.54) is 17.9 Å². The van der Waals surface area contributed by atoms with Gasteiger partial charge in [0.05, 0.1) is 5.69 Å². The highest BCUT2D eigenvalue weighted by Crippen LogP contribution is 2.40. The summed E-state index contributed by atoms with van der Waals surface area (Å²) in [5.74, 6) is 1.31. The number of aromatic amines is 1. The van der Waals surface area contributed by atoms with Gasteiger partial charge in [-0.1, -0.05) is 23.7 Å². The smallest absolute Gasteiger partial charge is 0.219 e. The maximum absolute atomic E-state index is 11.3. The third-order valence-electron chi connectivity index (χ3n) is 6.11. The number of fused-ring (bicyclic) bond motifs is 2. The number of ether oxygens (including phenoxy) is 2. The number of H-pyrrole nitrogens is 1. The Balaban J connectivity index is 1.19. The van der Waals surface area contributed by atoms with Gasteiger partial charge in [0, 0.05) is 61.8 Å². The van der Waals surface area contributed by atoms with Crippen molar-refractivity contribution in [3.05, 3.63) is 53.2 Å². The van der Waals surface area contributed by atoms with E-state index < -0.39 is 6.23 Å². The molecule has 0 bridgehead atoms. The monoisotopic (exact) mass is 454 g/mol. The van der Waals surface area contributed by atoms with Crippen LogP contribution in [0.2, 0.25) is 5.02 Å². The maximum atomic E-state index is 11.3. The SMILES string of the molecule is CC(=O)NC1COc2c(cccc2N2CCN(CCc3c[nH]c4cc(Cl)ccc34)CC2)O1. The molecule has 1 fully saturated rings. The second-order valence-corrected chi connectivity index (χ2v) is 8.74. The van der Waals surface area contributed by atoms with E-state index in [9.17, 15) is 4.79 Å². The Kier molecular flexibility index (Phi) is 5.85. The van der Waals surface area contributed by atoms with Gasteiger partial charge in [0.25, 0.3) is 0 Å². The lowest BCUT2D eigenvalue weighted by molar-refractivity contribution is -0.122. The highest BCUT2D eigenvalue weighted by Gasteiger charge is 2.27.